The molecule has 2 aliphatic carbocycles. The summed E-state index contributed by atoms with van der Waals surface area (Å²) in [5.41, 5.74) is 1.62. The first-order chi connectivity index (χ1) is 24.8. The van der Waals surface area contributed by atoms with Crippen molar-refractivity contribution in [2.24, 2.45) is 29.1 Å². The summed E-state index contributed by atoms with van der Waals surface area (Å²) in [7, 11) is 0. The summed E-state index contributed by atoms with van der Waals surface area (Å²) in [6.07, 6.45) is 7.70. The fourth-order valence-corrected chi connectivity index (χ4v) is 6.99. The minimum Gasteiger partial charge on any atom is -0.346 e. The van der Waals surface area contributed by atoms with Crippen LogP contribution in [0.15, 0.2) is 60.7 Å². The maximum absolute atomic E-state index is 14.2. The fraction of sp³-hybridized carbons (Fsp3) is 0.614. The molecule has 4 rings (SSSR count). The molecule has 0 heterocycles. The van der Waals surface area contributed by atoms with E-state index in [1.165, 1.54) is 12.8 Å². The molecular weight excluding hydrogens is 651 g/mol. The maximum Gasteiger partial charge on any atom is 0.224 e. The highest BCUT2D eigenvalue weighted by Gasteiger charge is 2.48. The first kappa shape index (κ1) is 41.1. The highest BCUT2D eigenvalue weighted by atomic mass is 16.2. The molecule has 2 fully saturated rings. The van der Waals surface area contributed by atoms with E-state index < -0.39 is 29.3 Å². The van der Waals surface area contributed by atoms with Gasteiger partial charge in [0.25, 0.3) is 0 Å². The lowest BCUT2D eigenvalue weighted by Gasteiger charge is -2.27. The molecule has 284 valence electrons. The van der Waals surface area contributed by atoms with Gasteiger partial charge >= 0.3 is 0 Å². The Bertz CT molecular complexity index is 1470. The number of Topliss-reactive ketones (excluding diaryl/α,β-unsaturated/α-hetero) is 3. The van der Waals surface area contributed by atoms with Gasteiger partial charge in [-0.1, -0.05) is 95.3 Å². The van der Waals surface area contributed by atoms with Crippen molar-refractivity contribution in [1.29, 1.82) is 0 Å². The number of carbonyl (C=O) groups is 5. The van der Waals surface area contributed by atoms with Gasteiger partial charge in [-0.15, -0.1) is 0 Å². The Balaban J connectivity index is 1.48. The smallest absolute Gasteiger partial charge is 0.224 e. The summed E-state index contributed by atoms with van der Waals surface area (Å²) in [6, 6.07) is 18.7. The molecule has 0 radical (unpaired) electrons. The summed E-state index contributed by atoms with van der Waals surface area (Å²) in [5.74, 6) is -1.65. The highest BCUT2D eigenvalue weighted by molar-refractivity contribution is 5.97. The number of rotatable bonds is 25. The van der Waals surface area contributed by atoms with Gasteiger partial charge < -0.3 is 16.0 Å². The fourth-order valence-electron chi connectivity index (χ4n) is 6.99. The van der Waals surface area contributed by atoms with Crippen molar-refractivity contribution < 1.29 is 24.0 Å². The van der Waals surface area contributed by atoms with Crippen molar-refractivity contribution in [3.8, 4) is 0 Å². The SMILES string of the molecule is CC(C)C[C@H](NC(=O)[C@H](CCc1ccccc1)CC(=O)CCCNC1CC1)C(=O)C[C@@H](Cc1ccccc1)C(=O)N[C@@H](CC(C)C)C(=O)C1(C)CC1. The Labute approximate surface area is 312 Å². The van der Waals surface area contributed by atoms with Gasteiger partial charge in [0.2, 0.25) is 11.8 Å². The largest absolute Gasteiger partial charge is 0.346 e. The topological polar surface area (TPSA) is 121 Å². The lowest BCUT2D eigenvalue weighted by atomic mass is 9.87. The quantitative estimate of drug-likeness (QED) is 0.0956. The number of amides is 2. The van der Waals surface area contributed by atoms with Crippen molar-refractivity contribution in [2.75, 3.05) is 6.54 Å². The predicted octanol–water partition coefficient (Wildman–Crippen LogP) is 6.98. The number of hydrogen-bond donors (Lipinski definition) is 3. The predicted molar refractivity (Wildman–Crippen MR) is 207 cm³/mol. The van der Waals surface area contributed by atoms with Crippen LogP contribution >= 0.6 is 0 Å². The standard InChI is InChI=1S/C44H63N3O5/c1-30(2)25-38(46-42(51)34(19-18-32-13-8-6-9-14-32)28-37(48)17-12-24-45-36-20-21-36)40(49)29-35(27-33-15-10-7-11-16-33)43(52)47-39(26-31(3)4)41(50)44(5)22-23-44/h6-11,13-16,30-31,34-36,38-39,45H,12,17-29H2,1-5H3,(H,46,51)(H,47,52)/t34-,35-,38+,39+/m1/s1. The van der Waals surface area contributed by atoms with Crippen LogP contribution in [0.3, 0.4) is 0 Å². The second-order valence-corrected chi connectivity index (χ2v) is 16.7. The average Bonchev–Trinajstić information content (AvgIpc) is 4.06. The lowest BCUT2D eigenvalue weighted by molar-refractivity contribution is -0.135. The van der Waals surface area contributed by atoms with Crippen LogP contribution in [0.4, 0.5) is 0 Å². The van der Waals surface area contributed by atoms with Crippen LogP contribution in [0.25, 0.3) is 0 Å². The zero-order chi connectivity index (χ0) is 37.7. The van der Waals surface area contributed by atoms with Crippen LogP contribution in [0, 0.1) is 29.1 Å². The number of benzene rings is 2. The molecule has 8 nitrogen and oxygen atoms in total. The molecule has 0 saturated heterocycles. The molecule has 52 heavy (non-hydrogen) atoms. The molecule has 2 saturated carbocycles. The van der Waals surface area contributed by atoms with E-state index >= 15 is 0 Å². The summed E-state index contributed by atoms with van der Waals surface area (Å²) in [5, 5.41) is 9.59. The third-order valence-corrected chi connectivity index (χ3v) is 10.6. The second kappa shape index (κ2) is 20.0. The molecule has 2 amide bonds. The zero-order valence-corrected chi connectivity index (χ0v) is 32.3. The summed E-state index contributed by atoms with van der Waals surface area (Å²) in [4.78, 5) is 68.9. The van der Waals surface area contributed by atoms with Crippen LogP contribution in [-0.2, 0) is 36.8 Å². The summed E-state index contributed by atoms with van der Waals surface area (Å²) >= 11 is 0. The van der Waals surface area contributed by atoms with Crippen molar-refractivity contribution >= 4 is 29.2 Å². The van der Waals surface area contributed by atoms with Gasteiger partial charge in [-0.25, -0.2) is 0 Å². The van der Waals surface area contributed by atoms with Crippen LogP contribution in [0.5, 0.6) is 0 Å². The monoisotopic (exact) mass is 713 g/mol. The van der Waals surface area contributed by atoms with E-state index in [1.54, 1.807) is 0 Å². The van der Waals surface area contributed by atoms with Crippen molar-refractivity contribution in [2.45, 2.75) is 136 Å². The first-order valence-electron chi connectivity index (χ1n) is 19.8. The first-order valence-corrected chi connectivity index (χ1v) is 19.8. The summed E-state index contributed by atoms with van der Waals surface area (Å²) in [6.45, 7) is 10.9. The Morgan fingerprint density at radius 3 is 1.87 bits per heavy atom. The third-order valence-electron chi connectivity index (χ3n) is 10.6. The van der Waals surface area contributed by atoms with E-state index in [1.807, 2.05) is 95.3 Å². The van der Waals surface area contributed by atoms with Crippen molar-refractivity contribution in [1.82, 2.24) is 16.0 Å². The van der Waals surface area contributed by atoms with E-state index in [9.17, 15) is 24.0 Å². The molecule has 3 N–H and O–H groups in total. The average molecular weight is 714 g/mol. The normalized spacial score (nSPS) is 17.2. The van der Waals surface area contributed by atoms with Gasteiger partial charge in [-0.3, -0.25) is 24.0 Å². The van der Waals surface area contributed by atoms with E-state index in [-0.39, 0.29) is 53.8 Å². The highest BCUT2D eigenvalue weighted by Crippen LogP contribution is 2.47. The molecule has 2 aromatic rings. The maximum atomic E-state index is 14.2. The molecule has 8 heteroatoms. The van der Waals surface area contributed by atoms with E-state index in [4.69, 9.17) is 0 Å². The summed E-state index contributed by atoms with van der Waals surface area (Å²) < 4.78 is 0. The van der Waals surface area contributed by atoms with Crippen LogP contribution in [0.1, 0.15) is 116 Å². The number of carbonyl (C=O) groups excluding carboxylic acids is 5. The Hall–Kier alpha value is -3.65. The molecule has 0 unspecified atom stereocenters. The van der Waals surface area contributed by atoms with Gasteiger partial charge in [0.15, 0.2) is 11.6 Å². The Kier molecular flexibility index (Phi) is 15.8. The number of hydrogen-bond acceptors (Lipinski definition) is 6. The van der Waals surface area contributed by atoms with E-state index in [2.05, 4.69) is 16.0 Å². The van der Waals surface area contributed by atoms with Gasteiger partial charge in [0, 0.05) is 42.6 Å². The van der Waals surface area contributed by atoms with Gasteiger partial charge in [0.05, 0.1) is 12.1 Å². The van der Waals surface area contributed by atoms with Crippen molar-refractivity contribution in [3.05, 3.63) is 71.8 Å². The molecule has 0 spiro atoms. The number of aryl methyl sites for hydroxylation is 1. The molecular formula is C44H63N3O5. The van der Waals surface area contributed by atoms with E-state index in [0.717, 1.165) is 36.9 Å². The molecule has 4 atom stereocenters. The lowest BCUT2D eigenvalue weighted by Crippen LogP contribution is -2.49. The minimum absolute atomic E-state index is 0.0581. The zero-order valence-electron chi connectivity index (χ0n) is 32.3. The second-order valence-electron chi connectivity index (χ2n) is 16.7. The van der Waals surface area contributed by atoms with Gasteiger partial charge in [0.1, 0.15) is 5.78 Å². The Morgan fingerprint density at radius 1 is 0.731 bits per heavy atom. The molecule has 2 aromatic carbocycles. The van der Waals surface area contributed by atoms with Crippen molar-refractivity contribution in [3.63, 3.8) is 0 Å². The molecule has 0 bridgehead atoms. The molecule has 2 aliphatic rings. The van der Waals surface area contributed by atoms with Crippen LogP contribution < -0.4 is 16.0 Å². The Morgan fingerprint density at radius 2 is 1.29 bits per heavy atom. The van der Waals surface area contributed by atoms with Crippen LogP contribution in [0.2, 0.25) is 0 Å². The molecule has 0 aliphatic heterocycles. The minimum atomic E-state index is -0.797. The molecule has 0 aromatic heterocycles. The van der Waals surface area contributed by atoms with Crippen LogP contribution in [-0.4, -0.2) is 53.8 Å². The third kappa shape index (κ3) is 14.1. The number of nitrogens with one attached hydrogen (secondary N) is 3. The number of ketones is 3. The van der Waals surface area contributed by atoms with E-state index in [0.29, 0.717) is 44.6 Å². The van der Waals surface area contributed by atoms with Gasteiger partial charge in [-0.2, -0.15) is 0 Å². The van der Waals surface area contributed by atoms with Gasteiger partial charge in [-0.05, 0) is 93.7 Å².